The molecule has 0 saturated carbocycles. The van der Waals surface area contributed by atoms with Crippen molar-refractivity contribution in [3.8, 4) is 5.75 Å². The molecule has 0 aliphatic heterocycles. The third-order valence-corrected chi connectivity index (χ3v) is 3.06. The summed E-state index contributed by atoms with van der Waals surface area (Å²) < 4.78 is 5.12. The number of nitrogens with one attached hydrogen (secondary N) is 1. The molecule has 1 aromatic carbocycles. The Morgan fingerprint density at radius 2 is 2.05 bits per heavy atom. The van der Waals surface area contributed by atoms with Gasteiger partial charge in [0.1, 0.15) is 5.54 Å². The van der Waals surface area contributed by atoms with E-state index in [1.54, 1.807) is 13.0 Å². The maximum absolute atomic E-state index is 11.8. The number of nitrogens with zero attached hydrogens (tertiary/aromatic N) is 1. The van der Waals surface area contributed by atoms with Crippen LogP contribution in [-0.4, -0.2) is 34.1 Å². The number of nitro groups is 1. The number of hydrogen-bond donors (Lipinski definition) is 2. The number of carboxylic acid groups (broad SMARTS) is 1. The van der Waals surface area contributed by atoms with E-state index in [2.05, 4.69) is 5.32 Å². The first-order valence-electron chi connectivity index (χ1n) is 6.70. The molecule has 0 fully saturated rings. The predicted octanol–water partition coefficient (Wildman–Crippen LogP) is 1.73. The van der Waals surface area contributed by atoms with Crippen molar-refractivity contribution in [1.29, 1.82) is 0 Å². The fourth-order valence-electron chi connectivity index (χ4n) is 1.94. The van der Waals surface area contributed by atoms with Crippen LogP contribution in [-0.2, 0) is 9.59 Å². The predicted molar refractivity (Wildman–Crippen MR) is 77.7 cm³/mol. The Kier molecular flexibility index (Phi) is 5.85. The van der Waals surface area contributed by atoms with Gasteiger partial charge in [0.25, 0.3) is 5.91 Å². The van der Waals surface area contributed by atoms with Crippen LogP contribution in [0.3, 0.4) is 0 Å². The third kappa shape index (κ3) is 4.44. The van der Waals surface area contributed by atoms with Crippen molar-refractivity contribution in [3.05, 3.63) is 34.4 Å². The second-order valence-corrected chi connectivity index (χ2v) is 4.95. The molecule has 0 aliphatic rings. The van der Waals surface area contributed by atoms with Gasteiger partial charge in [-0.25, -0.2) is 4.79 Å². The zero-order valence-corrected chi connectivity index (χ0v) is 12.4. The molecule has 1 amide bonds. The number of nitro benzene ring substituents is 1. The van der Waals surface area contributed by atoms with E-state index >= 15 is 0 Å². The zero-order valence-electron chi connectivity index (χ0n) is 12.4. The lowest BCUT2D eigenvalue weighted by Gasteiger charge is -2.25. The fraction of sp³-hybridized carbons (Fsp3) is 0.429. The van der Waals surface area contributed by atoms with Crippen LogP contribution in [0.25, 0.3) is 0 Å². The van der Waals surface area contributed by atoms with Gasteiger partial charge in [0.15, 0.2) is 12.4 Å². The van der Waals surface area contributed by atoms with E-state index in [0.717, 1.165) is 0 Å². The summed E-state index contributed by atoms with van der Waals surface area (Å²) >= 11 is 0. The van der Waals surface area contributed by atoms with E-state index in [0.29, 0.717) is 6.42 Å². The van der Waals surface area contributed by atoms with Crippen LogP contribution in [0.5, 0.6) is 5.75 Å². The molecule has 22 heavy (non-hydrogen) atoms. The van der Waals surface area contributed by atoms with Gasteiger partial charge >= 0.3 is 11.7 Å². The maximum atomic E-state index is 11.8. The van der Waals surface area contributed by atoms with E-state index in [9.17, 15) is 19.7 Å². The quantitative estimate of drug-likeness (QED) is 0.557. The Balaban J connectivity index is 2.71. The SMILES string of the molecule is CCCC(C)(NC(=O)COc1ccccc1[N+](=O)[O-])C(=O)O. The number of ether oxygens (including phenoxy) is 1. The molecule has 1 atom stereocenters. The number of carbonyl (C=O) groups is 2. The number of amides is 1. The van der Waals surface area contributed by atoms with Gasteiger partial charge < -0.3 is 15.2 Å². The molecule has 1 aromatic rings. The standard InChI is InChI=1S/C14H18N2O6/c1-3-8-14(2,13(18)19)15-12(17)9-22-11-7-5-4-6-10(11)16(20)21/h4-7H,3,8-9H2,1-2H3,(H,15,17)(H,18,19). The average Bonchev–Trinajstić information content (AvgIpc) is 2.45. The molecule has 0 aromatic heterocycles. The molecule has 8 heteroatoms. The van der Waals surface area contributed by atoms with E-state index in [-0.39, 0.29) is 17.9 Å². The van der Waals surface area contributed by atoms with Crippen LogP contribution < -0.4 is 10.1 Å². The summed E-state index contributed by atoms with van der Waals surface area (Å²) in [5, 5.41) is 22.4. The van der Waals surface area contributed by atoms with Crippen molar-refractivity contribution in [1.82, 2.24) is 5.32 Å². The highest BCUT2D eigenvalue weighted by molar-refractivity contribution is 5.87. The number of rotatable bonds is 8. The minimum Gasteiger partial charge on any atom is -0.480 e. The minimum atomic E-state index is -1.39. The van der Waals surface area contributed by atoms with E-state index < -0.39 is 28.9 Å². The number of aliphatic carboxylic acids is 1. The lowest BCUT2D eigenvalue weighted by atomic mass is 9.96. The molecule has 0 heterocycles. The molecular weight excluding hydrogens is 292 g/mol. The van der Waals surface area contributed by atoms with Crippen LogP contribution in [0.15, 0.2) is 24.3 Å². The molecule has 120 valence electrons. The number of carboxylic acids is 1. The highest BCUT2D eigenvalue weighted by atomic mass is 16.6. The summed E-state index contributed by atoms with van der Waals surface area (Å²) in [5.41, 5.74) is -1.65. The molecule has 0 spiro atoms. The Bertz CT molecular complexity index is 574. The molecule has 0 saturated heterocycles. The van der Waals surface area contributed by atoms with Crippen LogP contribution in [0.1, 0.15) is 26.7 Å². The van der Waals surface area contributed by atoms with Crippen molar-refractivity contribution in [2.45, 2.75) is 32.2 Å². The van der Waals surface area contributed by atoms with Gasteiger partial charge in [-0.15, -0.1) is 0 Å². The van der Waals surface area contributed by atoms with Crippen molar-refractivity contribution in [2.24, 2.45) is 0 Å². The minimum absolute atomic E-state index is 0.0461. The van der Waals surface area contributed by atoms with E-state index in [1.165, 1.54) is 25.1 Å². The van der Waals surface area contributed by atoms with Crippen molar-refractivity contribution >= 4 is 17.6 Å². The molecule has 8 nitrogen and oxygen atoms in total. The Hall–Kier alpha value is -2.64. The molecule has 0 radical (unpaired) electrons. The fourth-order valence-corrected chi connectivity index (χ4v) is 1.94. The lowest BCUT2D eigenvalue weighted by Crippen LogP contribution is -2.53. The van der Waals surface area contributed by atoms with Gasteiger partial charge in [-0.3, -0.25) is 14.9 Å². The molecule has 2 N–H and O–H groups in total. The summed E-state index contributed by atoms with van der Waals surface area (Å²) in [7, 11) is 0. The molecule has 1 rings (SSSR count). The molecule has 0 aliphatic carbocycles. The number of hydrogen-bond acceptors (Lipinski definition) is 5. The van der Waals surface area contributed by atoms with Crippen LogP contribution in [0.4, 0.5) is 5.69 Å². The van der Waals surface area contributed by atoms with Gasteiger partial charge in [0, 0.05) is 6.07 Å². The van der Waals surface area contributed by atoms with Gasteiger partial charge in [-0.1, -0.05) is 25.5 Å². The van der Waals surface area contributed by atoms with Gasteiger partial charge in [-0.05, 0) is 19.4 Å². The lowest BCUT2D eigenvalue weighted by molar-refractivity contribution is -0.385. The highest BCUT2D eigenvalue weighted by Crippen LogP contribution is 2.25. The van der Waals surface area contributed by atoms with Crippen LogP contribution >= 0.6 is 0 Å². The first-order chi connectivity index (χ1) is 10.3. The van der Waals surface area contributed by atoms with Crippen molar-refractivity contribution in [2.75, 3.05) is 6.61 Å². The second-order valence-electron chi connectivity index (χ2n) is 4.95. The Morgan fingerprint density at radius 3 is 2.59 bits per heavy atom. The topological polar surface area (TPSA) is 119 Å². The normalized spacial score (nSPS) is 13.0. The van der Waals surface area contributed by atoms with Gasteiger partial charge in [-0.2, -0.15) is 0 Å². The maximum Gasteiger partial charge on any atom is 0.329 e. The first-order valence-corrected chi connectivity index (χ1v) is 6.70. The van der Waals surface area contributed by atoms with E-state index in [1.807, 2.05) is 0 Å². The smallest absolute Gasteiger partial charge is 0.329 e. The number of benzene rings is 1. The van der Waals surface area contributed by atoms with Crippen molar-refractivity contribution in [3.63, 3.8) is 0 Å². The summed E-state index contributed by atoms with van der Waals surface area (Å²) in [4.78, 5) is 33.2. The summed E-state index contributed by atoms with van der Waals surface area (Å²) in [6, 6.07) is 5.64. The van der Waals surface area contributed by atoms with Crippen LogP contribution in [0.2, 0.25) is 0 Å². The zero-order chi connectivity index (χ0) is 16.8. The first kappa shape index (κ1) is 17.4. The molecular formula is C14H18N2O6. The Morgan fingerprint density at radius 1 is 1.41 bits per heavy atom. The number of para-hydroxylation sites is 2. The monoisotopic (exact) mass is 310 g/mol. The van der Waals surface area contributed by atoms with Gasteiger partial charge in [0.2, 0.25) is 0 Å². The Labute approximate surface area is 127 Å². The van der Waals surface area contributed by atoms with Gasteiger partial charge in [0.05, 0.1) is 4.92 Å². The van der Waals surface area contributed by atoms with Crippen LogP contribution in [0, 0.1) is 10.1 Å². The molecule has 1 unspecified atom stereocenters. The average molecular weight is 310 g/mol. The van der Waals surface area contributed by atoms with Crippen molar-refractivity contribution < 1.29 is 24.4 Å². The summed E-state index contributed by atoms with van der Waals surface area (Å²) in [6.07, 6.45) is 0.841. The van der Waals surface area contributed by atoms with E-state index in [4.69, 9.17) is 9.84 Å². The molecule has 0 bridgehead atoms. The largest absolute Gasteiger partial charge is 0.480 e. The summed E-state index contributed by atoms with van der Waals surface area (Å²) in [5.74, 6) is -1.85. The summed E-state index contributed by atoms with van der Waals surface area (Å²) in [6.45, 7) is 2.70. The second kappa shape index (κ2) is 7.39. The number of carbonyl (C=O) groups excluding carboxylic acids is 1. The highest BCUT2D eigenvalue weighted by Gasteiger charge is 2.33. The third-order valence-electron chi connectivity index (χ3n) is 3.06.